The van der Waals surface area contributed by atoms with Gasteiger partial charge in [-0.15, -0.1) is 0 Å². The molecule has 1 atom stereocenters. The van der Waals surface area contributed by atoms with Gasteiger partial charge in [-0.05, 0) is 36.2 Å². The lowest BCUT2D eigenvalue weighted by Crippen LogP contribution is -2.34. The van der Waals surface area contributed by atoms with Crippen molar-refractivity contribution in [1.82, 2.24) is 19.9 Å². The lowest BCUT2D eigenvalue weighted by atomic mass is 10.1. The van der Waals surface area contributed by atoms with E-state index in [4.69, 9.17) is 9.47 Å². The zero-order valence-electron chi connectivity index (χ0n) is 17.2. The number of aryl methyl sites for hydroxylation is 1. The third kappa shape index (κ3) is 5.68. The smallest absolute Gasteiger partial charge is 0.376 e. The van der Waals surface area contributed by atoms with Gasteiger partial charge >= 0.3 is 6.18 Å². The highest BCUT2D eigenvalue weighted by Gasteiger charge is 2.32. The van der Waals surface area contributed by atoms with Gasteiger partial charge in [-0.25, -0.2) is 19.9 Å². The van der Waals surface area contributed by atoms with Gasteiger partial charge in [0.15, 0.2) is 0 Å². The molecule has 1 aliphatic heterocycles. The van der Waals surface area contributed by atoms with Crippen LogP contribution >= 0.6 is 0 Å². The first-order valence-corrected chi connectivity index (χ1v) is 9.91. The number of alkyl halides is 3. The standard InChI is InChI=1S/C21H21F3N6O2/c1-13-6-14(8-16(7-13)29-20-25-3-2-18(30-20)21(22,23)24)15-9-26-19(27-10-15)28-11-17-12-31-4-5-32-17/h2-3,6-10,17H,4-5,11-12H2,1H3,(H,25,29,30)(H,26,27,28). The monoisotopic (exact) mass is 446 g/mol. The van der Waals surface area contributed by atoms with Crippen LogP contribution in [0.4, 0.5) is 30.8 Å². The van der Waals surface area contributed by atoms with Crippen molar-refractivity contribution in [3.05, 3.63) is 54.1 Å². The summed E-state index contributed by atoms with van der Waals surface area (Å²) in [5.41, 5.74) is 1.99. The van der Waals surface area contributed by atoms with E-state index < -0.39 is 11.9 Å². The maximum atomic E-state index is 12.9. The van der Waals surface area contributed by atoms with Gasteiger partial charge in [-0.1, -0.05) is 6.07 Å². The molecule has 3 aromatic rings. The highest BCUT2D eigenvalue weighted by Crippen LogP contribution is 2.29. The molecule has 1 fully saturated rings. The topological polar surface area (TPSA) is 94.1 Å². The molecule has 2 N–H and O–H groups in total. The van der Waals surface area contributed by atoms with E-state index in [0.717, 1.165) is 29.0 Å². The van der Waals surface area contributed by atoms with Crippen molar-refractivity contribution in [2.24, 2.45) is 0 Å². The average molecular weight is 446 g/mol. The fraction of sp³-hybridized carbons (Fsp3) is 0.333. The summed E-state index contributed by atoms with van der Waals surface area (Å²) in [5, 5.41) is 5.95. The molecule has 0 saturated carbocycles. The number of hydrogen-bond donors (Lipinski definition) is 2. The van der Waals surface area contributed by atoms with Crippen LogP contribution in [0.15, 0.2) is 42.9 Å². The summed E-state index contributed by atoms with van der Waals surface area (Å²) < 4.78 is 49.6. The van der Waals surface area contributed by atoms with Gasteiger partial charge in [0.2, 0.25) is 11.9 Å². The average Bonchev–Trinajstić information content (AvgIpc) is 2.78. The highest BCUT2D eigenvalue weighted by atomic mass is 19.4. The van der Waals surface area contributed by atoms with Gasteiger partial charge in [0.1, 0.15) is 5.69 Å². The van der Waals surface area contributed by atoms with Crippen molar-refractivity contribution < 1.29 is 22.6 Å². The number of rotatable bonds is 6. The molecule has 1 saturated heterocycles. The normalized spacial score (nSPS) is 16.6. The van der Waals surface area contributed by atoms with Crippen LogP contribution in [-0.2, 0) is 15.7 Å². The summed E-state index contributed by atoms with van der Waals surface area (Å²) in [5.74, 6) is 0.326. The molecule has 2 aromatic heterocycles. The molecule has 32 heavy (non-hydrogen) atoms. The Kier molecular flexibility index (Phi) is 6.47. The Balaban J connectivity index is 1.46. The predicted octanol–water partition coefficient (Wildman–Crippen LogP) is 3.83. The van der Waals surface area contributed by atoms with E-state index in [1.54, 1.807) is 24.5 Å². The number of benzene rings is 1. The Hall–Kier alpha value is -3.31. The lowest BCUT2D eigenvalue weighted by Gasteiger charge is -2.23. The van der Waals surface area contributed by atoms with Crippen LogP contribution in [0.2, 0.25) is 0 Å². The zero-order chi connectivity index (χ0) is 22.6. The van der Waals surface area contributed by atoms with E-state index in [1.165, 1.54) is 0 Å². The van der Waals surface area contributed by atoms with Crippen LogP contribution in [0.1, 0.15) is 11.3 Å². The number of anilines is 3. The van der Waals surface area contributed by atoms with Crippen molar-refractivity contribution in [3.8, 4) is 11.1 Å². The van der Waals surface area contributed by atoms with Gasteiger partial charge in [0.25, 0.3) is 0 Å². The fourth-order valence-electron chi connectivity index (χ4n) is 3.16. The molecule has 3 heterocycles. The SMILES string of the molecule is Cc1cc(Nc2nccc(C(F)(F)F)n2)cc(-c2cnc(NCC3COCCO3)nc2)c1. The van der Waals surface area contributed by atoms with Gasteiger partial charge in [0, 0.05) is 36.4 Å². The Labute approximate surface area is 182 Å². The van der Waals surface area contributed by atoms with Crippen molar-refractivity contribution >= 4 is 17.6 Å². The van der Waals surface area contributed by atoms with Crippen LogP contribution in [0, 0.1) is 6.92 Å². The maximum absolute atomic E-state index is 12.9. The van der Waals surface area contributed by atoms with Gasteiger partial charge < -0.3 is 20.1 Å². The second kappa shape index (κ2) is 9.45. The van der Waals surface area contributed by atoms with Crippen LogP contribution in [0.25, 0.3) is 11.1 Å². The molecule has 11 heteroatoms. The minimum Gasteiger partial charge on any atom is -0.376 e. The number of ether oxygens (including phenoxy) is 2. The largest absolute Gasteiger partial charge is 0.433 e. The van der Waals surface area contributed by atoms with E-state index in [-0.39, 0.29) is 12.1 Å². The third-order valence-electron chi connectivity index (χ3n) is 4.64. The van der Waals surface area contributed by atoms with Gasteiger partial charge in [0.05, 0.1) is 25.9 Å². The number of nitrogens with zero attached hydrogens (tertiary/aromatic N) is 4. The summed E-state index contributed by atoms with van der Waals surface area (Å²) in [6, 6.07) is 6.32. The van der Waals surface area contributed by atoms with E-state index in [9.17, 15) is 13.2 Å². The predicted molar refractivity (Wildman–Crippen MR) is 112 cm³/mol. The first-order valence-electron chi connectivity index (χ1n) is 9.91. The van der Waals surface area contributed by atoms with E-state index >= 15 is 0 Å². The van der Waals surface area contributed by atoms with Crippen molar-refractivity contribution in [2.75, 3.05) is 37.0 Å². The van der Waals surface area contributed by atoms with E-state index in [1.807, 2.05) is 13.0 Å². The molecular weight excluding hydrogens is 425 g/mol. The van der Waals surface area contributed by atoms with Crippen LogP contribution in [-0.4, -0.2) is 52.4 Å². The Morgan fingerprint density at radius 3 is 2.56 bits per heavy atom. The minimum atomic E-state index is -4.54. The Bertz CT molecular complexity index is 1060. The summed E-state index contributed by atoms with van der Waals surface area (Å²) in [6.45, 7) is 4.12. The quantitative estimate of drug-likeness (QED) is 0.590. The molecule has 1 unspecified atom stereocenters. The Morgan fingerprint density at radius 1 is 1.03 bits per heavy atom. The molecule has 0 amide bonds. The third-order valence-corrected chi connectivity index (χ3v) is 4.64. The maximum Gasteiger partial charge on any atom is 0.433 e. The molecule has 0 spiro atoms. The molecule has 0 bridgehead atoms. The van der Waals surface area contributed by atoms with E-state index in [0.29, 0.717) is 38.0 Å². The number of aromatic nitrogens is 4. The summed E-state index contributed by atoms with van der Waals surface area (Å²) >= 11 is 0. The molecule has 0 radical (unpaired) electrons. The van der Waals surface area contributed by atoms with Crippen LogP contribution in [0.5, 0.6) is 0 Å². The Morgan fingerprint density at radius 2 is 1.84 bits per heavy atom. The minimum absolute atomic E-state index is 0.0458. The second-order valence-corrected chi connectivity index (χ2v) is 7.22. The van der Waals surface area contributed by atoms with Crippen LogP contribution in [0.3, 0.4) is 0 Å². The van der Waals surface area contributed by atoms with E-state index in [2.05, 4.69) is 30.6 Å². The fourth-order valence-corrected chi connectivity index (χ4v) is 3.16. The summed E-state index contributed by atoms with van der Waals surface area (Å²) in [7, 11) is 0. The lowest BCUT2D eigenvalue weighted by molar-refractivity contribution is -0.141. The van der Waals surface area contributed by atoms with Gasteiger partial charge in [-0.3, -0.25) is 0 Å². The number of halogens is 3. The molecule has 0 aliphatic carbocycles. The van der Waals surface area contributed by atoms with Crippen molar-refractivity contribution in [3.63, 3.8) is 0 Å². The summed E-state index contributed by atoms with van der Waals surface area (Å²) in [4.78, 5) is 16.1. The van der Waals surface area contributed by atoms with Crippen molar-refractivity contribution in [1.29, 1.82) is 0 Å². The first-order chi connectivity index (χ1) is 15.4. The molecule has 1 aromatic carbocycles. The first kappa shape index (κ1) is 21.9. The number of hydrogen-bond acceptors (Lipinski definition) is 8. The molecule has 8 nitrogen and oxygen atoms in total. The number of nitrogens with one attached hydrogen (secondary N) is 2. The summed E-state index contributed by atoms with van der Waals surface area (Å²) in [6.07, 6.45) is -0.172. The second-order valence-electron chi connectivity index (χ2n) is 7.22. The molecule has 1 aliphatic rings. The molecule has 4 rings (SSSR count). The van der Waals surface area contributed by atoms with Gasteiger partial charge in [-0.2, -0.15) is 13.2 Å². The van der Waals surface area contributed by atoms with Crippen LogP contribution < -0.4 is 10.6 Å². The molecular formula is C21H21F3N6O2. The molecule has 168 valence electrons. The zero-order valence-corrected chi connectivity index (χ0v) is 17.2. The highest BCUT2D eigenvalue weighted by molar-refractivity contribution is 5.70. The van der Waals surface area contributed by atoms with Crippen molar-refractivity contribution in [2.45, 2.75) is 19.2 Å².